The van der Waals surface area contributed by atoms with Gasteiger partial charge in [0, 0.05) is 30.3 Å². The average Bonchev–Trinajstić information content (AvgIpc) is 2.43. The summed E-state index contributed by atoms with van der Waals surface area (Å²) in [4.78, 5) is 13.0. The number of benzene rings is 1. The van der Waals surface area contributed by atoms with E-state index in [0.29, 0.717) is 17.6 Å². The number of carboxylic acid groups (broad SMARTS) is 1. The van der Waals surface area contributed by atoms with Gasteiger partial charge in [0.1, 0.15) is 5.82 Å². The third-order valence-corrected chi connectivity index (χ3v) is 4.21. The predicted octanol–water partition coefficient (Wildman–Crippen LogP) is 3.69. The highest BCUT2D eigenvalue weighted by molar-refractivity contribution is 5.85. The average molecular weight is 291 g/mol. The van der Waals surface area contributed by atoms with E-state index in [1.807, 2.05) is 0 Å². The number of piperidine rings is 1. The van der Waals surface area contributed by atoms with E-state index in [9.17, 15) is 9.18 Å². The summed E-state index contributed by atoms with van der Waals surface area (Å²) < 4.78 is 13.7. The van der Waals surface area contributed by atoms with Gasteiger partial charge in [0.15, 0.2) is 0 Å². The lowest BCUT2D eigenvalue weighted by Crippen LogP contribution is -2.42. The highest BCUT2D eigenvalue weighted by atomic mass is 19.1. The van der Waals surface area contributed by atoms with Crippen molar-refractivity contribution in [3.05, 3.63) is 41.2 Å². The second-order valence-corrected chi connectivity index (χ2v) is 5.83. The van der Waals surface area contributed by atoms with Crippen LogP contribution >= 0.6 is 0 Å². The number of nitrogens with zero attached hydrogens (tertiary/aromatic N) is 1. The fourth-order valence-electron chi connectivity index (χ4n) is 2.98. The first-order valence-electron chi connectivity index (χ1n) is 7.42. The fourth-order valence-corrected chi connectivity index (χ4v) is 2.98. The van der Waals surface area contributed by atoms with Crippen LogP contribution in [-0.4, -0.2) is 28.1 Å². The largest absolute Gasteiger partial charge is 0.478 e. The number of hydrogen-bond donors (Lipinski definition) is 1. The molecule has 0 radical (unpaired) electrons. The summed E-state index contributed by atoms with van der Waals surface area (Å²) in [6, 6.07) is 5.98. The Kier molecular flexibility index (Phi) is 5.12. The normalized spacial score (nSPS) is 23.6. The van der Waals surface area contributed by atoms with Gasteiger partial charge in [0.25, 0.3) is 0 Å². The number of halogens is 1. The van der Waals surface area contributed by atoms with Gasteiger partial charge < -0.3 is 5.11 Å². The highest BCUT2D eigenvalue weighted by Gasteiger charge is 2.24. The van der Waals surface area contributed by atoms with Crippen molar-refractivity contribution < 1.29 is 14.3 Å². The van der Waals surface area contributed by atoms with Crippen LogP contribution in [0.15, 0.2) is 24.3 Å². The molecule has 3 nitrogen and oxygen atoms in total. The summed E-state index contributed by atoms with van der Waals surface area (Å²) in [5.74, 6) is -1.46. The molecule has 1 aromatic carbocycles. The Hall–Kier alpha value is -1.68. The van der Waals surface area contributed by atoms with Gasteiger partial charge in [-0.25, -0.2) is 9.18 Å². The van der Waals surface area contributed by atoms with Gasteiger partial charge in [0.2, 0.25) is 0 Å². The Morgan fingerprint density at radius 3 is 2.67 bits per heavy atom. The van der Waals surface area contributed by atoms with Crippen molar-refractivity contribution in [2.75, 3.05) is 0 Å². The smallest absolute Gasteiger partial charge is 0.328 e. The molecule has 1 aliphatic rings. The van der Waals surface area contributed by atoms with Crippen LogP contribution in [0.2, 0.25) is 0 Å². The molecule has 1 heterocycles. The van der Waals surface area contributed by atoms with Gasteiger partial charge in [0.05, 0.1) is 0 Å². The van der Waals surface area contributed by atoms with E-state index in [4.69, 9.17) is 5.11 Å². The first-order valence-corrected chi connectivity index (χ1v) is 7.42. The summed E-state index contributed by atoms with van der Waals surface area (Å²) in [6.07, 6.45) is 5.92. The maximum Gasteiger partial charge on any atom is 0.328 e. The Labute approximate surface area is 125 Å². The van der Waals surface area contributed by atoms with Crippen LogP contribution in [0.1, 0.15) is 44.2 Å². The maximum absolute atomic E-state index is 13.7. The molecule has 4 heteroatoms. The first kappa shape index (κ1) is 15.7. The second-order valence-electron chi connectivity index (χ2n) is 5.83. The van der Waals surface area contributed by atoms with E-state index in [-0.39, 0.29) is 0 Å². The fraction of sp³-hybridized carbons (Fsp3) is 0.471. The van der Waals surface area contributed by atoms with E-state index in [1.54, 1.807) is 12.1 Å². The van der Waals surface area contributed by atoms with Crippen molar-refractivity contribution in [3.8, 4) is 0 Å². The number of likely N-dealkylation sites (tertiary alicyclic amines) is 1. The van der Waals surface area contributed by atoms with Crippen LogP contribution in [0.4, 0.5) is 4.39 Å². The molecule has 0 spiro atoms. The van der Waals surface area contributed by atoms with Gasteiger partial charge >= 0.3 is 5.97 Å². The van der Waals surface area contributed by atoms with Crippen molar-refractivity contribution >= 4 is 12.0 Å². The minimum Gasteiger partial charge on any atom is -0.478 e. The van der Waals surface area contributed by atoms with Crippen LogP contribution in [0.25, 0.3) is 6.08 Å². The molecule has 1 fully saturated rings. The number of carbonyl (C=O) groups is 1. The molecule has 0 amide bonds. The summed E-state index contributed by atoms with van der Waals surface area (Å²) in [5, 5.41) is 8.65. The van der Waals surface area contributed by atoms with Crippen molar-refractivity contribution in [2.24, 2.45) is 0 Å². The number of rotatable bonds is 4. The lowest BCUT2D eigenvalue weighted by Gasteiger charge is -2.39. The monoisotopic (exact) mass is 291 g/mol. The minimum absolute atomic E-state index is 0.326. The molecule has 21 heavy (non-hydrogen) atoms. The van der Waals surface area contributed by atoms with Crippen LogP contribution in [0.3, 0.4) is 0 Å². The molecule has 1 aromatic rings. The molecule has 0 aliphatic carbocycles. The number of aliphatic carboxylic acids is 1. The van der Waals surface area contributed by atoms with Crippen molar-refractivity contribution in [1.82, 2.24) is 4.90 Å². The zero-order valence-corrected chi connectivity index (χ0v) is 12.6. The third-order valence-electron chi connectivity index (χ3n) is 4.21. The van der Waals surface area contributed by atoms with Crippen molar-refractivity contribution in [3.63, 3.8) is 0 Å². The van der Waals surface area contributed by atoms with Gasteiger partial charge in [-0.05, 0) is 50.5 Å². The molecule has 2 unspecified atom stereocenters. The lowest BCUT2D eigenvalue weighted by atomic mass is 9.96. The van der Waals surface area contributed by atoms with E-state index in [0.717, 1.165) is 18.2 Å². The Bertz CT molecular complexity index is 532. The van der Waals surface area contributed by atoms with Crippen LogP contribution in [0.5, 0.6) is 0 Å². The first-order chi connectivity index (χ1) is 9.97. The summed E-state index contributed by atoms with van der Waals surface area (Å²) >= 11 is 0. The molecule has 1 saturated heterocycles. The Balaban J connectivity index is 2.16. The third kappa shape index (κ3) is 4.14. The van der Waals surface area contributed by atoms with Crippen molar-refractivity contribution in [2.45, 2.75) is 51.7 Å². The molecule has 1 N–H and O–H groups in total. The topological polar surface area (TPSA) is 40.5 Å². The van der Waals surface area contributed by atoms with Gasteiger partial charge in [-0.2, -0.15) is 0 Å². The highest BCUT2D eigenvalue weighted by Crippen LogP contribution is 2.25. The molecule has 2 atom stereocenters. The second kappa shape index (κ2) is 6.85. The molecule has 0 saturated carbocycles. The lowest BCUT2D eigenvalue weighted by molar-refractivity contribution is -0.131. The summed E-state index contributed by atoms with van der Waals surface area (Å²) in [5.41, 5.74) is 1.34. The van der Waals surface area contributed by atoms with E-state index >= 15 is 0 Å². The van der Waals surface area contributed by atoms with Crippen LogP contribution in [0, 0.1) is 5.82 Å². The minimum atomic E-state index is -1.07. The zero-order valence-electron chi connectivity index (χ0n) is 12.6. The number of hydrogen-bond acceptors (Lipinski definition) is 2. The van der Waals surface area contributed by atoms with E-state index < -0.39 is 11.8 Å². The summed E-state index contributed by atoms with van der Waals surface area (Å²) in [6.45, 7) is 5.23. The SMILES string of the molecule is CC1CCCC(C)N1Cc1ccc(F)c(C=CC(=O)O)c1. The Morgan fingerprint density at radius 1 is 1.38 bits per heavy atom. The molecular weight excluding hydrogens is 269 g/mol. The van der Waals surface area contributed by atoms with Gasteiger partial charge in [-0.3, -0.25) is 4.90 Å². The van der Waals surface area contributed by atoms with Crippen molar-refractivity contribution in [1.29, 1.82) is 0 Å². The number of carboxylic acids is 1. The molecule has 0 aromatic heterocycles. The molecule has 0 bridgehead atoms. The maximum atomic E-state index is 13.7. The van der Waals surface area contributed by atoms with E-state index in [1.165, 1.54) is 31.4 Å². The Morgan fingerprint density at radius 2 is 2.05 bits per heavy atom. The molecule has 2 rings (SSSR count). The van der Waals surface area contributed by atoms with Crippen LogP contribution < -0.4 is 0 Å². The summed E-state index contributed by atoms with van der Waals surface area (Å²) in [7, 11) is 0. The standard InChI is InChI=1S/C17H22FNO2/c1-12-4-3-5-13(2)19(12)11-14-6-8-16(18)15(10-14)7-9-17(20)21/h6-10,12-13H,3-5,11H2,1-2H3,(H,20,21). The van der Waals surface area contributed by atoms with Gasteiger partial charge in [-0.15, -0.1) is 0 Å². The van der Waals surface area contributed by atoms with E-state index in [2.05, 4.69) is 18.7 Å². The molecular formula is C17H22FNO2. The molecule has 1 aliphatic heterocycles. The predicted molar refractivity (Wildman–Crippen MR) is 81.4 cm³/mol. The van der Waals surface area contributed by atoms with Gasteiger partial charge in [-0.1, -0.05) is 12.5 Å². The quantitative estimate of drug-likeness (QED) is 0.860. The molecule has 114 valence electrons. The van der Waals surface area contributed by atoms with Crippen LogP contribution in [-0.2, 0) is 11.3 Å². The zero-order chi connectivity index (χ0) is 15.4.